The second kappa shape index (κ2) is 7.47. The first-order chi connectivity index (χ1) is 16.4. The van der Waals surface area contributed by atoms with Gasteiger partial charge < -0.3 is 19.7 Å². The summed E-state index contributed by atoms with van der Waals surface area (Å²) in [6.45, 7) is 11.9. The fourth-order valence-electron chi connectivity index (χ4n) is 12.0. The van der Waals surface area contributed by atoms with Crippen molar-refractivity contribution in [2.75, 3.05) is 7.11 Å². The van der Waals surface area contributed by atoms with Crippen LogP contribution in [0.15, 0.2) is 0 Å². The maximum atomic E-state index is 12.2. The number of carbonyl (C=O) groups is 1. The summed E-state index contributed by atoms with van der Waals surface area (Å²) >= 11 is 0. The van der Waals surface area contributed by atoms with Crippen LogP contribution in [0.25, 0.3) is 0 Å². The molecule has 0 radical (unpaired) electrons. The molecular formula is C30H48O5. The number of aliphatic hydroxyl groups excluding tert-OH is 2. The zero-order valence-corrected chi connectivity index (χ0v) is 22.8. The summed E-state index contributed by atoms with van der Waals surface area (Å²) in [5.41, 5.74) is 0.609. The largest absolute Gasteiger partial charge is 0.469 e. The third-order valence-corrected chi connectivity index (χ3v) is 13.8. The molecule has 6 rings (SSSR count). The van der Waals surface area contributed by atoms with Crippen LogP contribution in [-0.4, -0.2) is 47.7 Å². The van der Waals surface area contributed by atoms with Crippen molar-refractivity contribution in [1.82, 2.24) is 0 Å². The number of fused-ring (bicyclic) bond motifs is 4. The molecule has 5 saturated carbocycles. The minimum absolute atomic E-state index is 0.0128. The average molecular weight is 489 g/mol. The van der Waals surface area contributed by atoms with Crippen molar-refractivity contribution in [2.45, 2.75) is 123 Å². The number of esters is 1. The lowest BCUT2D eigenvalue weighted by Crippen LogP contribution is -2.59. The number of ether oxygens (including phenoxy) is 2. The maximum absolute atomic E-state index is 12.2. The molecule has 2 N–H and O–H groups in total. The lowest BCUT2D eigenvalue weighted by molar-refractivity contribution is -0.182. The first-order valence-electron chi connectivity index (χ1n) is 14.5. The van der Waals surface area contributed by atoms with Crippen LogP contribution in [0.3, 0.4) is 0 Å². The summed E-state index contributed by atoms with van der Waals surface area (Å²) in [5, 5.41) is 23.0. The van der Waals surface area contributed by atoms with Gasteiger partial charge in [0.1, 0.15) is 0 Å². The molecule has 6 aliphatic rings. The highest BCUT2D eigenvalue weighted by Crippen LogP contribution is 2.89. The molecule has 1 unspecified atom stereocenters. The van der Waals surface area contributed by atoms with Gasteiger partial charge in [-0.15, -0.1) is 0 Å². The Morgan fingerprint density at radius 2 is 1.69 bits per heavy atom. The SMILES string of the molecule is COC(=O)CC[C@H]1C[C@@H](C)C2[C@H](O1)[C@H](O)[C@@]1(C)[C@@H]3CC[C@H]4C(C)(C)[C@@H](O)CC[C@@]45C[C@@]35CC[C@]21C. The van der Waals surface area contributed by atoms with E-state index >= 15 is 0 Å². The number of methoxy groups -OCH3 is 1. The molecule has 0 bridgehead atoms. The highest BCUT2D eigenvalue weighted by Gasteiger charge is 2.84. The lowest BCUT2D eigenvalue weighted by Gasteiger charge is -2.63. The second-order valence-electron chi connectivity index (χ2n) is 14.8. The van der Waals surface area contributed by atoms with Crippen molar-refractivity contribution in [2.24, 2.45) is 50.7 Å². The number of aliphatic hydroxyl groups is 2. The fraction of sp³-hybridized carbons (Fsp3) is 0.967. The monoisotopic (exact) mass is 488 g/mol. The van der Waals surface area contributed by atoms with Gasteiger partial charge >= 0.3 is 5.97 Å². The van der Waals surface area contributed by atoms with Crippen molar-refractivity contribution in [1.29, 1.82) is 0 Å². The van der Waals surface area contributed by atoms with Crippen molar-refractivity contribution in [3.63, 3.8) is 0 Å². The molecule has 198 valence electrons. The maximum Gasteiger partial charge on any atom is 0.305 e. The molecule has 0 amide bonds. The Morgan fingerprint density at radius 1 is 1.00 bits per heavy atom. The summed E-state index contributed by atoms with van der Waals surface area (Å²) in [5.74, 6) is 1.79. The van der Waals surface area contributed by atoms with Gasteiger partial charge in [0.2, 0.25) is 0 Å². The summed E-state index contributed by atoms with van der Waals surface area (Å²) in [6, 6.07) is 0. The molecule has 0 aromatic heterocycles. The van der Waals surface area contributed by atoms with Crippen LogP contribution in [0.1, 0.15) is 98.8 Å². The number of rotatable bonds is 3. The predicted octanol–water partition coefficient (Wildman–Crippen LogP) is 5.11. The van der Waals surface area contributed by atoms with Crippen LogP contribution in [-0.2, 0) is 14.3 Å². The minimum Gasteiger partial charge on any atom is -0.469 e. The van der Waals surface area contributed by atoms with Gasteiger partial charge in [-0.3, -0.25) is 4.79 Å². The smallest absolute Gasteiger partial charge is 0.305 e. The lowest BCUT2D eigenvalue weighted by atomic mass is 9.41. The third-order valence-electron chi connectivity index (χ3n) is 13.8. The fourth-order valence-corrected chi connectivity index (χ4v) is 12.0. The van der Waals surface area contributed by atoms with Gasteiger partial charge in [0.05, 0.1) is 31.5 Å². The molecule has 2 spiro atoms. The molecule has 0 aromatic carbocycles. The summed E-state index contributed by atoms with van der Waals surface area (Å²) in [7, 11) is 1.44. The van der Waals surface area contributed by atoms with Gasteiger partial charge in [-0.05, 0) is 103 Å². The Morgan fingerprint density at radius 3 is 2.40 bits per heavy atom. The van der Waals surface area contributed by atoms with Gasteiger partial charge in [-0.1, -0.05) is 34.6 Å². The highest BCUT2D eigenvalue weighted by molar-refractivity contribution is 5.69. The molecule has 5 heteroatoms. The Hall–Kier alpha value is -0.650. The van der Waals surface area contributed by atoms with E-state index in [0.29, 0.717) is 47.3 Å². The van der Waals surface area contributed by atoms with Crippen LogP contribution in [0, 0.1) is 50.7 Å². The number of hydrogen-bond acceptors (Lipinski definition) is 5. The molecule has 1 saturated heterocycles. The minimum atomic E-state index is -0.459. The van der Waals surface area contributed by atoms with Crippen LogP contribution in [0.4, 0.5) is 0 Å². The van der Waals surface area contributed by atoms with Crippen LogP contribution < -0.4 is 0 Å². The topological polar surface area (TPSA) is 76.0 Å². The van der Waals surface area contributed by atoms with Crippen molar-refractivity contribution >= 4 is 5.97 Å². The molecule has 12 atom stereocenters. The summed E-state index contributed by atoms with van der Waals surface area (Å²) in [6.07, 6.45) is 9.47. The molecule has 0 aromatic rings. The third kappa shape index (κ3) is 2.79. The normalized spacial score (nSPS) is 57.7. The Balaban J connectivity index is 1.31. The van der Waals surface area contributed by atoms with Gasteiger partial charge in [-0.2, -0.15) is 0 Å². The average Bonchev–Trinajstić information content (AvgIpc) is 3.45. The van der Waals surface area contributed by atoms with Crippen LogP contribution in [0.5, 0.6) is 0 Å². The van der Waals surface area contributed by atoms with Gasteiger partial charge in [0, 0.05) is 11.8 Å². The first kappa shape index (κ1) is 24.7. The van der Waals surface area contributed by atoms with E-state index in [1.165, 1.54) is 39.2 Å². The van der Waals surface area contributed by atoms with Crippen LogP contribution in [0.2, 0.25) is 0 Å². The van der Waals surface area contributed by atoms with Gasteiger partial charge in [0.25, 0.3) is 0 Å². The van der Waals surface area contributed by atoms with Crippen molar-refractivity contribution in [3.8, 4) is 0 Å². The van der Waals surface area contributed by atoms with Crippen LogP contribution >= 0.6 is 0 Å². The van der Waals surface area contributed by atoms with Crippen molar-refractivity contribution < 1.29 is 24.5 Å². The van der Waals surface area contributed by atoms with Gasteiger partial charge in [-0.25, -0.2) is 0 Å². The number of hydrogen-bond donors (Lipinski definition) is 2. The zero-order valence-electron chi connectivity index (χ0n) is 22.8. The Bertz CT molecular complexity index is 901. The van der Waals surface area contributed by atoms with Crippen molar-refractivity contribution in [3.05, 3.63) is 0 Å². The summed E-state index contributed by atoms with van der Waals surface area (Å²) < 4.78 is 11.6. The molecule has 5 aliphatic carbocycles. The van der Waals surface area contributed by atoms with E-state index in [0.717, 1.165) is 19.3 Å². The molecule has 6 fully saturated rings. The van der Waals surface area contributed by atoms with E-state index in [1.54, 1.807) is 0 Å². The Kier molecular flexibility index (Phi) is 5.27. The predicted molar refractivity (Wildman–Crippen MR) is 133 cm³/mol. The zero-order chi connectivity index (χ0) is 25.2. The molecular weight excluding hydrogens is 440 g/mol. The quantitative estimate of drug-likeness (QED) is 0.540. The van der Waals surface area contributed by atoms with E-state index in [-0.39, 0.29) is 40.5 Å². The second-order valence-corrected chi connectivity index (χ2v) is 14.8. The molecule has 35 heavy (non-hydrogen) atoms. The van der Waals surface area contributed by atoms with E-state index in [1.807, 2.05) is 0 Å². The molecule has 1 aliphatic heterocycles. The van der Waals surface area contributed by atoms with Gasteiger partial charge in [0.15, 0.2) is 0 Å². The highest BCUT2D eigenvalue weighted by atomic mass is 16.5. The summed E-state index contributed by atoms with van der Waals surface area (Å²) in [4.78, 5) is 11.8. The van der Waals surface area contributed by atoms with E-state index in [4.69, 9.17) is 9.47 Å². The standard InChI is InChI=1S/C30H48O5/c1-17-15-18(7-10-22(32)34-6)35-24-23(17)27(4)13-14-30-16-29(30)12-11-21(31)26(2,3)19(29)8-9-20(30)28(27,5)25(24)33/h17-21,23-25,31,33H,7-16H2,1-6H3/t17-,18+,19+,20+,21+,23?,24+,25+,27-,28-,29-,30+/m1/s1. The van der Waals surface area contributed by atoms with E-state index < -0.39 is 6.10 Å². The first-order valence-corrected chi connectivity index (χ1v) is 14.5. The van der Waals surface area contributed by atoms with E-state index in [2.05, 4.69) is 34.6 Å². The molecule has 5 nitrogen and oxygen atoms in total. The Labute approximate surface area is 211 Å². The molecule has 1 heterocycles. The van der Waals surface area contributed by atoms with E-state index in [9.17, 15) is 15.0 Å². The number of carbonyl (C=O) groups excluding carboxylic acids is 1.